The Kier molecular flexibility index (Phi) is 7.05. The zero-order valence-electron chi connectivity index (χ0n) is 21.0. The third-order valence-electron chi connectivity index (χ3n) is 8.08. The van der Waals surface area contributed by atoms with E-state index in [2.05, 4.69) is 21.6 Å². The number of carbonyl (C=O) groups excluding carboxylic acids is 1. The molecule has 1 N–H and O–H groups in total. The fraction of sp³-hybridized carbons (Fsp3) is 0.483. The second kappa shape index (κ2) is 10.2. The molecule has 3 aromatic rings. The first-order chi connectivity index (χ1) is 17.4. The molecule has 2 aromatic carbocycles. The highest BCUT2D eigenvalue weighted by molar-refractivity contribution is 6.31. The van der Waals surface area contributed by atoms with E-state index in [9.17, 15) is 15.2 Å². The van der Waals surface area contributed by atoms with Crippen LogP contribution in [-0.4, -0.2) is 44.7 Å². The topological polar surface area (TPSA) is 82.2 Å². The Morgan fingerprint density at radius 1 is 1.19 bits per heavy atom. The fourth-order valence-electron chi connectivity index (χ4n) is 6.25. The molecule has 0 spiro atoms. The van der Waals surface area contributed by atoms with Crippen LogP contribution in [0.2, 0.25) is 5.02 Å². The van der Waals surface area contributed by atoms with Crippen LogP contribution in [0.5, 0.6) is 0 Å². The van der Waals surface area contributed by atoms with Crippen molar-refractivity contribution < 1.29 is 9.90 Å². The molecule has 5 rings (SSSR count). The van der Waals surface area contributed by atoms with Crippen molar-refractivity contribution in [3.8, 4) is 6.07 Å². The number of imidazole rings is 1. The molecule has 1 fully saturated rings. The lowest BCUT2D eigenvalue weighted by Gasteiger charge is -2.38. The third-order valence-corrected chi connectivity index (χ3v) is 8.31. The molecule has 1 amide bonds. The van der Waals surface area contributed by atoms with Gasteiger partial charge in [0.1, 0.15) is 5.82 Å². The number of nitrogens with zero attached hydrogens (tertiary/aromatic N) is 4. The monoisotopic (exact) mass is 504 g/mol. The Bertz CT molecular complexity index is 1320. The Balaban J connectivity index is 1.30. The molecule has 188 valence electrons. The fourth-order valence-corrected chi connectivity index (χ4v) is 6.42. The summed E-state index contributed by atoms with van der Waals surface area (Å²) in [6.07, 6.45) is 5.71. The van der Waals surface area contributed by atoms with Crippen LogP contribution in [0, 0.1) is 17.2 Å². The quantitative estimate of drug-likeness (QED) is 0.487. The number of fused-ring (bicyclic) bond motifs is 2. The largest absolute Gasteiger partial charge is 0.396 e. The highest BCUT2D eigenvalue weighted by atomic mass is 35.5. The molecule has 0 aliphatic heterocycles. The number of halogens is 1. The first kappa shape index (κ1) is 24.8. The second-order valence-corrected chi connectivity index (χ2v) is 11.0. The van der Waals surface area contributed by atoms with Gasteiger partial charge in [0.2, 0.25) is 5.91 Å². The van der Waals surface area contributed by atoms with E-state index in [0.717, 1.165) is 61.9 Å². The van der Waals surface area contributed by atoms with Gasteiger partial charge in [-0.05, 0) is 85.9 Å². The van der Waals surface area contributed by atoms with E-state index in [1.807, 2.05) is 37.3 Å². The van der Waals surface area contributed by atoms with Crippen molar-refractivity contribution in [1.29, 1.82) is 5.26 Å². The molecule has 36 heavy (non-hydrogen) atoms. The minimum absolute atomic E-state index is 0.0458. The number of hydrogen-bond donors (Lipinski definition) is 1. The van der Waals surface area contributed by atoms with Gasteiger partial charge in [-0.3, -0.25) is 4.79 Å². The van der Waals surface area contributed by atoms with E-state index in [-0.39, 0.29) is 30.5 Å². The van der Waals surface area contributed by atoms with Gasteiger partial charge in [0.05, 0.1) is 29.3 Å². The van der Waals surface area contributed by atoms with Crippen molar-refractivity contribution >= 4 is 28.5 Å². The average Bonchev–Trinajstić information content (AvgIpc) is 3.46. The number of aromatic nitrogens is 2. The summed E-state index contributed by atoms with van der Waals surface area (Å²) >= 11 is 6.23. The lowest BCUT2D eigenvalue weighted by molar-refractivity contribution is -0.132. The van der Waals surface area contributed by atoms with Crippen molar-refractivity contribution in [2.75, 3.05) is 13.2 Å². The van der Waals surface area contributed by atoms with E-state index in [1.54, 1.807) is 6.92 Å². The molecular weight excluding hydrogens is 472 g/mol. The molecule has 1 aromatic heterocycles. The Labute approximate surface area is 217 Å². The van der Waals surface area contributed by atoms with Crippen LogP contribution < -0.4 is 0 Å². The zero-order chi connectivity index (χ0) is 25.4. The summed E-state index contributed by atoms with van der Waals surface area (Å²) in [5.74, 6) is 1.38. The second-order valence-electron chi connectivity index (χ2n) is 10.6. The average molecular weight is 505 g/mol. The van der Waals surface area contributed by atoms with Gasteiger partial charge in [0.15, 0.2) is 0 Å². The van der Waals surface area contributed by atoms with Crippen LogP contribution in [0.4, 0.5) is 0 Å². The van der Waals surface area contributed by atoms with E-state index < -0.39 is 0 Å². The van der Waals surface area contributed by atoms with Crippen LogP contribution in [0.3, 0.4) is 0 Å². The van der Waals surface area contributed by atoms with Crippen molar-refractivity contribution in [3.05, 3.63) is 63.9 Å². The van der Waals surface area contributed by atoms with Gasteiger partial charge < -0.3 is 14.6 Å². The maximum Gasteiger partial charge on any atom is 0.219 e. The van der Waals surface area contributed by atoms with Crippen molar-refractivity contribution in [1.82, 2.24) is 14.5 Å². The predicted octanol–water partition coefficient (Wildman–Crippen LogP) is 5.40. The Morgan fingerprint density at radius 2 is 1.94 bits per heavy atom. The van der Waals surface area contributed by atoms with Crippen molar-refractivity contribution in [2.24, 2.45) is 5.92 Å². The van der Waals surface area contributed by atoms with Gasteiger partial charge in [-0.15, -0.1) is 0 Å². The minimum Gasteiger partial charge on any atom is -0.396 e. The summed E-state index contributed by atoms with van der Waals surface area (Å²) in [7, 11) is 0. The number of nitriles is 1. The highest BCUT2D eigenvalue weighted by Gasteiger charge is 2.33. The van der Waals surface area contributed by atoms with Gasteiger partial charge in [0.25, 0.3) is 0 Å². The zero-order valence-corrected chi connectivity index (χ0v) is 21.7. The summed E-state index contributed by atoms with van der Waals surface area (Å²) in [6, 6.07) is 14.5. The number of amides is 1. The van der Waals surface area contributed by atoms with Crippen LogP contribution in [0.1, 0.15) is 74.0 Å². The predicted molar refractivity (Wildman–Crippen MR) is 141 cm³/mol. The van der Waals surface area contributed by atoms with Gasteiger partial charge in [0, 0.05) is 36.5 Å². The summed E-state index contributed by atoms with van der Waals surface area (Å²) in [4.78, 5) is 19.7. The van der Waals surface area contributed by atoms with E-state index in [4.69, 9.17) is 16.6 Å². The third kappa shape index (κ3) is 4.75. The number of rotatable bonds is 6. The van der Waals surface area contributed by atoms with Gasteiger partial charge in [-0.2, -0.15) is 5.26 Å². The minimum atomic E-state index is -0.0619. The van der Waals surface area contributed by atoms with Gasteiger partial charge in [-0.1, -0.05) is 24.6 Å². The number of aliphatic hydroxyl groups excluding tert-OH is 1. The van der Waals surface area contributed by atoms with Gasteiger partial charge in [-0.25, -0.2) is 4.98 Å². The first-order valence-electron chi connectivity index (χ1n) is 12.9. The molecule has 0 bridgehead atoms. The number of aliphatic hydroxyl groups is 1. The number of carbonyl (C=O) groups is 1. The van der Waals surface area contributed by atoms with Crippen molar-refractivity contribution in [2.45, 2.75) is 70.4 Å². The molecule has 7 heteroatoms. The molecule has 2 aliphatic carbocycles. The number of hydrogen-bond acceptors (Lipinski definition) is 4. The molecule has 1 saturated carbocycles. The highest BCUT2D eigenvalue weighted by Crippen LogP contribution is 2.37. The molecule has 0 saturated heterocycles. The van der Waals surface area contributed by atoms with E-state index in [1.165, 1.54) is 11.1 Å². The summed E-state index contributed by atoms with van der Waals surface area (Å²) in [5.41, 5.74) is 5.20. The van der Waals surface area contributed by atoms with Crippen LogP contribution >= 0.6 is 11.6 Å². The Morgan fingerprint density at radius 3 is 2.64 bits per heavy atom. The van der Waals surface area contributed by atoms with Crippen LogP contribution in [-0.2, 0) is 17.6 Å². The maximum absolute atomic E-state index is 12.7. The molecule has 6 nitrogen and oxygen atoms in total. The molecule has 2 atom stereocenters. The molecule has 2 unspecified atom stereocenters. The SMILES string of the molecule is CC(=O)N(CC1Cc2ccc(C#N)cc2C1)C1CCC(n2c(C(C)CO)nc3cc(Cl)ccc32)CC1. The summed E-state index contributed by atoms with van der Waals surface area (Å²) in [5, 5.41) is 19.7. The smallest absolute Gasteiger partial charge is 0.219 e. The maximum atomic E-state index is 12.7. The van der Waals surface area contributed by atoms with E-state index in [0.29, 0.717) is 16.5 Å². The summed E-state index contributed by atoms with van der Waals surface area (Å²) in [6.45, 7) is 4.50. The summed E-state index contributed by atoms with van der Waals surface area (Å²) < 4.78 is 2.31. The molecule has 2 aliphatic rings. The normalized spacial score (nSPS) is 22.2. The standard InChI is InChI=1S/C29H33ClN4O2/c1-18(17-35)29-32-27-14-24(30)5-10-28(27)34(29)26-8-6-25(7-9-26)33(19(2)36)16-21-12-22-4-3-20(15-31)11-23(22)13-21/h3-5,10-11,14,18,21,25-26,35H,6-9,12-13,16-17H2,1-2H3. The number of benzene rings is 2. The van der Waals surface area contributed by atoms with Gasteiger partial charge >= 0.3 is 0 Å². The Hall–Kier alpha value is -2.88. The molecular formula is C29H33ClN4O2. The van der Waals surface area contributed by atoms with E-state index >= 15 is 0 Å². The van der Waals surface area contributed by atoms with Crippen LogP contribution in [0.15, 0.2) is 36.4 Å². The van der Waals surface area contributed by atoms with Crippen molar-refractivity contribution in [3.63, 3.8) is 0 Å². The first-order valence-corrected chi connectivity index (χ1v) is 13.3. The lowest BCUT2D eigenvalue weighted by atomic mass is 9.88. The molecule has 1 heterocycles. The van der Waals surface area contributed by atoms with Crippen LogP contribution in [0.25, 0.3) is 11.0 Å². The lowest BCUT2D eigenvalue weighted by Crippen LogP contribution is -2.44. The molecule has 0 radical (unpaired) electrons.